The van der Waals surface area contributed by atoms with Crippen molar-refractivity contribution >= 4 is 5.91 Å². The topological polar surface area (TPSA) is 32.3 Å². The molecule has 17 heavy (non-hydrogen) atoms. The summed E-state index contributed by atoms with van der Waals surface area (Å²) in [7, 11) is 0. The van der Waals surface area contributed by atoms with Gasteiger partial charge in [-0.1, -0.05) is 6.42 Å². The van der Waals surface area contributed by atoms with Crippen LogP contribution < -0.4 is 5.32 Å². The maximum atomic E-state index is 12.9. The normalized spacial score (nSPS) is 29.1. The molecule has 2 heterocycles. The molecule has 0 aromatic heterocycles. The van der Waals surface area contributed by atoms with Crippen LogP contribution in [0.3, 0.4) is 0 Å². The summed E-state index contributed by atoms with van der Waals surface area (Å²) < 4.78 is 25.9. The lowest BCUT2D eigenvalue weighted by Gasteiger charge is -2.33. The van der Waals surface area contributed by atoms with Crippen LogP contribution in [0.15, 0.2) is 0 Å². The summed E-state index contributed by atoms with van der Waals surface area (Å²) in [5.74, 6) is -2.54. The van der Waals surface area contributed by atoms with Gasteiger partial charge in [0, 0.05) is 38.4 Å². The Labute approximate surface area is 101 Å². The quantitative estimate of drug-likeness (QED) is 0.805. The number of amides is 1. The lowest BCUT2D eigenvalue weighted by atomic mass is 10.0. The van der Waals surface area contributed by atoms with Crippen LogP contribution in [0.25, 0.3) is 0 Å². The summed E-state index contributed by atoms with van der Waals surface area (Å²) >= 11 is 0. The predicted molar refractivity (Wildman–Crippen MR) is 61.0 cm³/mol. The Morgan fingerprint density at radius 1 is 1.29 bits per heavy atom. The summed E-state index contributed by atoms with van der Waals surface area (Å²) in [6, 6.07) is 0.249. The number of nitrogens with one attached hydrogen (secondary N) is 1. The molecule has 0 saturated carbocycles. The highest BCUT2D eigenvalue weighted by atomic mass is 19.3. The van der Waals surface area contributed by atoms with Crippen LogP contribution in [-0.2, 0) is 4.79 Å². The van der Waals surface area contributed by atoms with E-state index in [1.165, 1.54) is 6.42 Å². The van der Waals surface area contributed by atoms with Gasteiger partial charge in [0.1, 0.15) is 0 Å². The van der Waals surface area contributed by atoms with Crippen molar-refractivity contribution in [1.29, 1.82) is 0 Å². The molecular formula is C12H20F2N2O. The second-order valence-corrected chi connectivity index (χ2v) is 5.09. The maximum Gasteiger partial charge on any atom is 0.251 e. The van der Waals surface area contributed by atoms with Crippen molar-refractivity contribution < 1.29 is 13.6 Å². The molecule has 0 spiro atoms. The molecule has 2 rings (SSSR count). The molecule has 2 fully saturated rings. The van der Waals surface area contributed by atoms with Gasteiger partial charge in [-0.2, -0.15) is 0 Å². The number of alkyl halides is 2. The molecule has 0 radical (unpaired) electrons. The highest BCUT2D eigenvalue weighted by Gasteiger charge is 2.35. The molecule has 0 aliphatic carbocycles. The molecule has 2 saturated heterocycles. The number of hydrogen-bond donors (Lipinski definition) is 1. The molecule has 2 aliphatic rings. The van der Waals surface area contributed by atoms with E-state index in [0.29, 0.717) is 6.42 Å². The molecule has 1 unspecified atom stereocenters. The third kappa shape index (κ3) is 3.63. The molecule has 1 amide bonds. The second kappa shape index (κ2) is 5.29. The lowest BCUT2D eigenvalue weighted by molar-refractivity contribution is -0.137. The summed E-state index contributed by atoms with van der Waals surface area (Å²) in [6.07, 6.45) is 3.44. The molecule has 5 heteroatoms. The van der Waals surface area contributed by atoms with Gasteiger partial charge in [-0.05, 0) is 19.4 Å². The number of rotatable bonds is 2. The summed E-state index contributed by atoms with van der Waals surface area (Å²) in [6.45, 7) is 1.38. The van der Waals surface area contributed by atoms with E-state index in [2.05, 4.69) is 5.32 Å². The smallest absolute Gasteiger partial charge is 0.251 e. The number of carbonyl (C=O) groups is 1. The number of piperidine rings is 2. The third-order valence-corrected chi connectivity index (χ3v) is 3.68. The van der Waals surface area contributed by atoms with Crippen LogP contribution >= 0.6 is 0 Å². The fourth-order valence-electron chi connectivity index (χ4n) is 2.52. The van der Waals surface area contributed by atoms with Crippen molar-refractivity contribution in [3.63, 3.8) is 0 Å². The van der Waals surface area contributed by atoms with Gasteiger partial charge in [0.05, 0.1) is 0 Å². The van der Waals surface area contributed by atoms with E-state index in [1.807, 2.05) is 0 Å². The van der Waals surface area contributed by atoms with Crippen molar-refractivity contribution in [2.45, 2.75) is 50.5 Å². The van der Waals surface area contributed by atoms with Crippen LogP contribution in [0, 0.1) is 0 Å². The fraction of sp³-hybridized carbons (Fsp3) is 0.917. The first-order chi connectivity index (χ1) is 8.07. The summed E-state index contributed by atoms with van der Waals surface area (Å²) in [4.78, 5) is 13.5. The van der Waals surface area contributed by atoms with E-state index in [0.717, 1.165) is 19.4 Å². The molecular weight excluding hydrogens is 226 g/mol. The Morgan fingerprint density at radius 2 is 2.00 bits per heavy atom. The number of likely N-dealkylation sites (tertiary alicyclic amines) is 1. The number of carbonyl (C=O) groups excluding carboxylic acids is 1. The van der Waals surface area contributed by atoms with Crippen molar-refractivity contribution in [3.8, 4) is 0 Å². The average molecular weight is 246 g/mol. The largest absolute Gasteiger partial charge is 0.342 e. The minimum atomic E-state index is -2.57. The van der Waals surface area contributed by atoms with E-state index < -0.39 is 5.92 Å². The number of hydrogen-bond acceptors (Lipinski definition) is 2. The van der Waals surface area contributed by atoms with Crippen molar-refractivity contribution in [1.82, 2.24) is 10.2 Å². The fourth-order valence-corrected chi connectivity index (χ4v) is 2.52. The Hall–Kier alpha value is -0.710. The highest BCUT2D eigenvalue weighted by molar-refractivity contribution is 5.77. The SMILES string of the molecule is O=C(CC1CCCCN1)N1CCC(F)(F)CC1. The molecule has 0 aromatic rings. The van der Waals surface area contributed by atoms with Crippen LogP contribution in [0.5, 0.6) is 0 Å². The first-order valence-electron chi connectivity index (χ1n) is 6.46. The molecule has 0 aromatic carbocycles. The van der Waals surface area contributed by atoms with Crippen LogP contribution in [-0.4, -0.2) is 42.4 Å². The van der Waals surface area contributed by atoms with Crippen molar-refractivity contribution in [2.75, 3.05) is 19.6 Å². The lowest BCUT2D eigenvalue weighted by Crippen LogP contribution is -2.45. The Kier molecular flexibility index (Phi) is 3.97. The second-order valence-electron chi connectivity index (χ2n) is 5.09. The van der Waals surface area contributed by atoms with E-state index >= 15 is 0 Å². The zero-order valence-electron chi connectivity index (χ0n) is 10.1. The number of nitrogens with zero attached hydrogens (tertiary/aromatic N) is 1. The van der Waals surface area contributed by atoms with Gasteiger partial charge in [0.15, 0.2) is 0 Å². The molecule has 1 atom stereocenters. The molecule has 98 valence electrons. The van der Waals surface area contributed by atoms with E-state index in [1.54, 1.807) is 4.90 Å². The first-order valence-corrected chi connectivity index (χ1v) is 6.46. The first kappa shape index (κ1) is 12.7. The van der Waals surface area contributed by atoms with Crippen LogP contribution in [0.4, 0.5) is 8.78 Å². The van der Waals surface area contributed by atoms with E-state index in [9.17, 15) is 13.6 Å². The van der Waals surface area contributed by atoms with Crippen molar-refractivity contribution in [3.05, 3.63) is 0 Å². The highest BCUT2D eigenvalue weighted by Crippen LogP contribution is 2.28. The molecule has 3 nitrogen and oxygen atoms in total. The predicted octanol–water partition coefficient (Wildman–Crippen LogP) is 1.78. The zero-order valence-corrected chi connectivity index (χ0v) is 10.1. The summed E-state index contributed by atoms with van der Waals surface area (Å²) in [5.41, 5.74) is 0. The Morgan fingerprint density at radius 3 is 2.59 bits per heavy atom. The van der Waals surface area contributed by atoms with E-state index in [4.69, 9.17) is 0 Å². The van der Waals surface area contributed by atoms with Crippen molar-refractivity contribution in [2.24, 2.45) is 0 Å². The summed E-state index contributed by atoms with van der Waals surface area (Å²) in [5, 5.41) is 3.31. The third-order valence-electron chi connectivity index (χ3n) is 3.68. The van der Waals surface area contributed by atoms with Gasteiger partial charge < -0.3 is 10.2 Å². The van der Waals surface area contributed by atoms with Crippen LogP contribution in [0.2, 0.25) is 0 Å². The minimum Gasteiger partial charge on any atom is -0.342 e. The van der Waals surface area contributed by atoms with Crippen LogP contribution in [0.1, 0.15) is 38.5 Å². The van der Waals surface area contributed by atoms with Gasteiger partial charge in [0.2, 0.25) is 5.91 Å². The average Bonchev–Trinajstić information content (AvgIpc) is 2.30. The minimum absolute atomic E-state index is 0.0277. The van der Waals surface area contributed by atoms with Gasteiger partial charge >= 0.3 is 0 Å². The molecule has 1 N–H and O–H groups in total. The Balaban J connectivity index is 1.76. The molecule has 2 aliphatic heterocycles. The standard InChI is InChI=1S/C12H20F2N2O/c13-12(14)4-7-16(8-5-12)11(17)9-10-3-1-2-6-15-10/h10,15H,1-9H2. The molecule has 0 bridgehead atoms. The Bertz CT molecular complexity index is 268. The van der Waals surface area contributed by atoms with Gasteiger partial charge in [0.25, 0.3) is 5.92 Å². The van der Waals surface area contributed by atoms with Gasteiger partial charge in [-0.3, -0.25) is 4.79 Å². The number of halogens is 2. The van der Waals surface area contributed by atoms with Gasteiger partial charge in [-0.15, -0.1) is 0 Å². The van der Waals surface area contributed by atoms with E-state index in [-0.39, 0.29) is 37.9 Å². The zero-order chi connectivity index (χ0) is 12.3. The van der Waals surface area contributed by atoms with Gasteiger partial charge in [-0.25, -0.2) is 8.78 Å². The maximum absolute atomic E-state index is 12.9. The monoisotopic (exact) mass is 246 g/mol.